The minimum Gasteiger partial charge on any atom is -0.371 e. The van der Waals surface area contributed by atoms with Gasteiger partial charge < -0.3 is 20.4 Å². The van der Waals surface area contributed by atoms with Crippen LogP contribution in [0.25, 0.3) is 0 Å². The number of hydrogen-bond acceptors (Lipinski definition) is 5. The fraction of sp³-hybridized carbons (Fsp3) is 0.684. The maximum Gasteiger partial charge on any atom is 0.325 e. The Morgan fingerprint density at radius 3 is 2.54 bits per heavy atom. The van der Waals surface area contributed by atoms with Crippen LogP contribution in [0, 0.1) is 5.92 Å². The Hall–Kier alpha value is -2.42. The quantitative estimate of drug-likeness (QED) is 0.493. The van der Waals surface area contributed by atoms with Crippen molar-refractivity contribution >= 4 is 11.8 Å². The molecule has 0 saturated heterocycles. The van der Waals surface area contributed by atoms with Crippen LogP contribution >= 0.6 is 0 Å². The molecule has 1 unspecified atom stereocenters. The first-order valence-corrected chi connectivity index (χ1v) is 9.85. The zero-order valence-electron chi connectivity index (χ0n) is 16.1. The molecule has 4 N–H and O–H groups in total. The summed E-state index contributed by atoms with van der Waals surface area (Å²) in [6.45, 7) is 0.343. The van der Waals surface area contributed by atoms with Crippen LogP contribution in [-0.4, -0.2) is 47.1 Å². The maximum atomic E-state index is 12.6. The molecule has 1 aromatic rings. The highest BCUT2D eigenvalue weighted by molar-refractivity contribution is 5.82. The van der Waals surface area contributed by atoms with Crippen LogP contribution in [0.4, 0.5) is 0 Å². The summed E-state index contributed by atoms with van der Waals surface area (Å²) in [5.41, 5.74) is -1.40. The van der Waals surface area contributed by atoms with Crippen LogP contribution < -0.4 is 21.9 Å². The Kier molecular flexibility index (Phi) is 6.33. The van der Waals surface area contributed by atoms with Gasteiger partial charge in [0.2, 0.25) is 11.8 Å². The Morgan fingerprint density at radius 1 is 1.21 bits per heavy atom. The van der Waals surface area contributed by atoms with Crippen LogP contribution in [-0.2, 0) is 20.7 Å². The van der Waals surface area contributed by atoms with E-state index in [1.807, 2.05) is 0 Å². The zero-order chi connectivity index (χ0) is 20.1. The summed E-state index contributed by atoms with van der Waals surface area (Å²) in [4.78, 5) is 52.0. The van der Waals surface area contributed by atoms with Gasteiger partial charge in [-0.1, -0.05) is 19.3 Å². The lowest BCUT2D eigenvalue weighted by molar-refractivity contribution is -0.135. The molecule has 1 aromatic heterocycles. The number of rotatable bonds is 8. The van der Waals surface area contributed by atoms with Crippen molar-refractivity contribution in [3.05, 3.63) is 32.6 Å². The number of hydrogen-bond donors (Lipinski definition) is 4. The lowest BCUT2D eigenvalue weighted by Gasteiger charge is -2.29. The van der Waals surface area contributed by atoms with Gasteiger partial charge in [0.05, 0.1) is 12.0 Å². The fourth-order valence-corrected chi connectivity index (χ4v) is 3.93. The Bertz CT molecular complexity index is 792. The number of nitrogens with one attached hydrogen (secondary N) is 4. The summed E-state index contributed by atoms with van der Waals surface area (Å²) < 4.78 is 5.45. The van der Waals surface area contributed by atoms with Crippen molar-refractivity contribution in [1.29, 1.82) is 0 Å². The van der Waals surface area contributed by atoms with Gasteiger partial charge in [-0.15, -0.1) is 0 Å². The third-order valence-electron chi connectivity index (χ3n) is 5.62. The minimum absolute atomic E-state index is 0.0996. The van der Waals surface area contributed by atoms with E-state index in [-0.39, 0.29) is 29.8 Å². The molecular formula is C19H28N4O5. The summed E-state index contributed by atoms with van der Waals surface area (Å²) in [6.07, 6.45) is 6.46. The van der Waals surface area contributed by atoms with Crippen molar-refractivity contribution in [2.75, 3.05) is 13.7 Å². The molecule has 0 radical (unpaired) electrons. The van der Waals surface area contributed by atoms with Crippen LogP contribution in [0.3, 0.4) is 0 Å². The molecule has 0 spiro atoms. The number of carbonyl (C=O) groups is 2. The Labute approximate surface area is 162 Å². The molecular weight excluding hydrogens is 364 g/mol. The standard InChI is InChI=1S/C19H28N4O5/c1-28-16(12-5-3-2-4-6-12)17(26)20-11-19(7-8-19)23-15(25)10-13-9-14(24)22-18(27)21-13/h9,12,16H,2-8,10-11H2,1H3,(H,20,26)(H,23,25)(H2,21,22,24,27). The first-order chi connectivity index (χ1) is 13.4. The number of ether oxygens (including phenoxy) is 1. The lowest BCUT2D eigenvalue weighted by Crippen LogP contribution is -2.50. The second-order valence-corrected chi connectivity index (χ2v) is 7.89. The molecule has 9 heteroatoms. The normalized spacial score (nSPS) is 19.6. The van der Waals surface area contributed by atoms with Gasteiger partial charge in [-0.05, 0) is 31.6 Å². The van der Waals surface area contributed by atoms with E-state index in [0.717, 1.165) is 38.5 Å². The second kappa shape index (κ2) is 8.72. The largest absolute Gasteiger partial charge is 0.371 e. The number of aromatic nitrogens is 2. The summed E-state index contributed by atoms with van der Waals surface area (Å²) in [6, 6.07) is 1.19. The first-order valence-electron chi connectivity index (χ1n) is 9.85. The number of methoxy groups -OCH3 is 1. The zero-order valence-corrected chi connectivity index (χ0v) is 16.1. The highest BCUT2D eigenvalue weighted by Crippen LogP contribution is 2.35. The van der Waals surface area contributed by atoms with E-state index in [9.17, 15) is 19.2 Å². The molecule has 2 fully saturated rings. The van der Waals surface area contributed by atoms with E-state index < -0.39 is 22.9 Å². The number of H-pyrrole nitrogens is 2. The number of carbonyl (C=O) groups excluding carboxylic acids is 2. The minimum atomic E-state index is -0.642. The molecule has 2 aliphatic carbocycles. The summed E-state index contributed by atoms with van der Waals surface area (Å²) in [5.74, 6) is -0.186. The molecule has 9 nitrogen and oxygen atoms in total. The van der Waals surface area contributed by atoms with E-state index in [4.69, 9.17) is 4.74 Å². The van der Waals surface area contributed by atoms with Gasteiger partial charge >= 0.3 is 5.69 Å². The van der Waals surface area contributed by atoms with Crippen molar-refractivity contribution in [3.8, 4) is 0 Å². The third-order valence-corrected chi connectivity index (χ3v) is 5.62. The van der Waals surface area contributed by atoms with Crippen molar-refractivity contribution in [2.24, 2.45) is 5.92 Å². The number of amides is 2. The van der Waals surface area contributed by atoms with E-state index >= 15 is 0 Å². The molecule has 1 atom stereocenters. The fourth-order valence-electron chi connectivity index (χ4n) is 3.93. The predicted molar refractivity (Wildman–Crippen MR) is 102 cm³/mol. The van der Waals surface area contributed by atoms with Gasteiger partial charge in [0.1, 0.15) is 6.10 Å². The van der Waals surface area contributed by atoms with Crippen LogP contribution in [0.2, 0.25) is 0 Å². The lowest BCUT2D eigenvalue weighted by atomic mass is 9.85. The summed E-state index contributed by atoms with van der Waals surface area (Å²) >= 11 is 0. The summed E-state index contributed by atoms with van der Waals surface area (Å²) in [7, 11) is 1.57. The van der Waals surface area contributed by atoms with Gasteiger partial charge in [-0.25, -0.2) is 4.79 Å². The Balaban J connectivity index is 1.51. The molecule has 0 bridgehead atoms. The molecule has 2 aliphatic rings. The van der Waals surface area contributed by atoms with Gasteiger partial charge in [0.25, 0.3) is 5.56 Å². The van der Waals surface area contributed by atoms with Crippen LogP contribution in [0.1, 0.15) is 50.6 Å². The topological polar surface area (TPSA) is 133 Å². The average Bonchev–Trinajstić information content (AvgIpc) is 3.40. The molecule has 2 saturated carbocycles. The molecule has 0 aromatic carbocycles. The molecule has 1 heterocycles. The van der Waals surface area contributed by atoms with Gasteiger partial charge in [0, 0.05) is 25.4 Å². The monoisotopic (exact) mass is 392 g/mol. The van der Waals surface area contributed by atoms with Crippen molar-refractivity contribution in [1.82, 2.24) is 20.6 Å². The predicted octanol–water partition coefficient (Wildman–Crippen LogP) is -0.0340. The van der Waals surface area contributed by atoms with Gasteiger partial charge in [-0.3, -0.25) is 19.4 Å². The average molecular weight is 392 g/mol. The van der Waals surface area contributed by atoms with Crippen molar-refractivity contribution in [2.45, 2.75) is 63.0 Å². The molecule has 28 heavy (non-hydrogen) atoms. The van der Waals surface area contributed by atoms with Crippen LogP contribution in [0.15, 0.2) is 15.7 Å². The van der Waals surface area contributed by atoms with E-state index in [1.165, 1.54) is 12.5 Å². The van der Waals surface area contributed by atoms with Gasteiger partial charge in [-0.2, -0.15) is 0 Å². The summed E-state index contributed by atoms with van der Waals surface area (Å²) in [5, 5.41) is 5.85. The van der Waals surface area contributed by atoms with Crippen LogP contribution in [0.5, 0.6) is 0 Å². The SMILES string of the molecule is COC(C(=O)NCC1(NC(=O)Cc2cc(=O)[nH]c(=O)[nH]2)CC1)C1CCCCC1. The van der Waals surface area contributed by atoms with E-state index in [0.29, 0.717) is 6.54 Å². The number of aromatic amines is 2. The Morgan fingerprint density at radius 2 is 1.93 bits per heavy atom. The molecule has 2 amide bonds. The van der Waals surface area contributed by atoms with E-state index in [2.05, 4.69) is 20.6 Å². The smallest absolute Gasteiger partial charge is 0.325 e. The molecule has 154 valence electrons. The highest BCUT2D eigenvalue weighted by atomic mass is 16.5. The van der Waals surface area contributed by atoms with Gasteiger partial charge in [0.15, 0.2) is 0 Å². The van der Waals surface area contributed by atoms with Crippen molar-refractivity contribution < 1.29 is 14.3 Å². The third kappa shape index (κ3) is 5.31. The highest BCUT2D eigenvalue weighted by Gasteiger charge is 2.44. The second-order valence-electron chi connectivity index (χ2n) is 7.89. The maximum absolute atomic E-state index is 12.6. The van der Waals surface area contributed by atoms with E-state index in [1.54, 1.807) is 7.11 Å². The first kappa shape index (κ1) is 20.3. The molecule has 3 rings (SSSR count). The van der Waals surface area contributed by atoms with Crippen molar-refractivity contribution in [3.63, 3.8) is 0 Å². The molecule has 0 aliphatic heterocycles.